The second kappa shape index (κ2) is 7.06. The maximum absolute atomic E-state index is 4.55. The highest BCUT2D eigenvalue weighted by Crippen LogP contribution is 2.31. The summed E-state index contributed by atoms with van der Waals surface area (Å²) in [6.07, 6.45) is 1.85. The molecule has 2 aromatic heterocycles. The number of aromatic nitrogens is 5. The third kappa shape index (κ3) is 3.51. The van der Waals surface area contributed by atoms with E-state index in [0.717, 1.165) is 26.7 Å². The third-order valence-electron chi connectivity index (χ3n) is 3.18. The molecule has 0 saturated heterocycles. The van der Waals surface area contributed by atoms with Gasteiger partial charge in [0.05, 0.1) is 0 Å². The highest BCUT2D eigenvalue weighted by Gasteiger charge is 2.16. The Morgan fingerprint density at radius 1 is 1.26 bits per heavy atom. The molecule has 0 aliphatic carbocycles. The number of allylic oxidation sites excluding steroid dienone is 1. The predicted octanol–water partition coefficient (Wildman–Crippen LogP) is 4.26. The molecule has 7 heteroatoms. The van der Waals surface area contributed by atoms with E-state index in [1.54, 1.807) is 0 Å². The molecule has 23 heavy (non-hydrogen) atoms. The summed E-state index contributed by atoms with van der Waals surface area (Å²) >= 11 is 2.89. The summed E-state index contributed by atoms with van der Waals surface area (Å²) in [6.45, 7) is 8.66. The molecule has 0 atom stereocenters. The van der Waals surface area contributed by atoms with Crippen LogP contribution in [0.25, 0.3) is 11.4 Å². The Balaban J connectivity index is 1.92. The van der Waals surface area contributed by atoms with Crippen LogP contribution in [0.1, 0.15) is 25.6 Å². The van der Waals surface area contributed by atoms with E-state index in [0.29, 0.717) is 12.5 Å². The largest absolute Gasteiger partial charge is 0.298 e. The quantitative estimate of drug-likeness (QED) is 0.626. The second-order valence-corrected chi connectivity index (χ2v) is 7.21. The lowest BCUT2D eigenvalue weighted by molar-refractivity contribution is 0.730. The molecule has 0 radical (unpaired) electrons. The van der Waals surface area contributed by atoms with Crippen molar-refractivity contribution in [2.45, 2.75) is 35.8 Å². The summed E-state index contributed by atoms with van der Waals surface area (Å²) in [7, 11) is 0. The molecule has 0 fully saturated rings. The zero-order valence-electron chi connectivity index (χ0n) is 13.0. The van der Waals surface area contributed by atoms with E-state index in [2.05, 4.69) is 40.0 Å². The zero-order chi connectivity index (χ0) is 16.2. The molecule has 0 bridgehead atoms. The third-order valence-corrected chi connectivity index (χ3v) is 4.93. The fraction of sp³-hybridized carbons (Fsp3) is 0.250. The van der Waals surface area contributed by atoms with E-state index in [4.69, 9.17) is 0 Å². The van der Waals surface area contributed by atoms with Gasteiger partial charge in [-0.1, -0.05) is 50.3 Å². The molecule has 0 aliphatic rings. The Labute approximate surface area is 143 Å². The van der Waals surface area contributed by atoms with Crippen molar-refractivity contribution < 1.29 is 0 Å². The van der Waals surface area contributed by atoms with Crippen molar-refractivity contribution in [3.8, 4) is 11.4 Å². The van der Waals surface area contributed by atoms with Gasteiger partial charge < -0.3 is 0 Å². The lowest BCUT2D eigenvalue weighted by Crippen LogP contribution is -2.00. The minimum absolute atomic E-state index is 0.325. The van der Waals surface area contributed by atoms with Crippen molar-refractivity contribution in [3.63, 3.8) is 0 Å². The van der Waals surface area contributed by atoms with Crippen LogP contribution in [-0.2, 0) is 6.54 Å². The Kier molecular flexibility index (Phi) is 4.88. The van der Waals surface area contributed by atoms with Crippen molar-refractivity contribution in [2.75, 3.05) is 0 Å². The van der Waals surface area contributed by atoms with Crippen molar-refractivity contribution in [3.05, 3.63) is 48.8 Å². The van der Waals surface area contributed by atoms with Crippen LogP contribution in [-0.4, -0.2) is 24.1 Å². The van der Waals surface area contributed by atoms with Crippen molar-refractivity contribution in [1.82, 2.24) is 24.1 Å². The molecule has 118 valence electrons. The summed E-state index contributed by atoms with van der Waals surface area (Å²) in [5.74, 6) is 2.03. The first kappa shape index (κ1) is 15.9. The summed E-state index contributed by atoms with van der Waals surface area (Å²) < 4.78 is 7.31. The molecule has 0 aliphatic heterocycles. The molecule has 1 aromatic carbocycles. The smallest absolute Gasteiger partial charge is 0.198 e. The van der Waals surface area contributed by atoms with E-state index in [9.17, 15) is 0 Å². The molecular formula is C16H17N5S2. The average Bonchev–Trinajstić information content (AvgIpc) is 3.17. The van der Waals surface area contributed by atoms with Crippen LogP contribution in [0.5, 0.6) is 0 Å². The van der Waals surface area contributed by atoms with Gasteiger partial charge in [0.15, 0.2) is 15.3 Å². The molecule has 3 rings (SSSR count). The summed E-state index contributed by atoms with van der Waals surface area (Å²) in [4.78, 5) is 4.55. The Bertz CT molecular complexity index is 792. The molecule has 0 amide bonds. The van der Waals surface area contributed by atoms with Crippen LogP contribution in [0.2, 0.25) is 0 Å². The van der Waals surface area contributed by atoms with E-state index >= 15 is 0 Å². The van der Waals surface area contributed by atoms with Crippen LogP contribution in [0.4, 0.5) is 0 Å². The van der Waals surface area contributed by atoms with Crippen LogP contribution >= 0.6 is 23.3 Å². The molecule has 3 aromatic rings. The van der Waals surface area contributed by atoms with E-state index in [1.807, 2.05) is 41.0 Å². The highest BCUT2D eigenvalue weighted by molar-refractivity contribution is 8.00. The average molecular weight is 343 g/mol. The maximum Gasteiger partial charge on any atom is 0.198 e. The standard InChI is InChI=1S/C16H17N5S2/c1-4-10-21-14(12-8-6-5-7-9-12)18-19-15(21)22-16-17-13(11(2)3)20-23-16/h4-9,11H,1,10H2,2-3H3. The zero-order valence-corrected chi connectivity index (χ0v) is 14.6. The molecule has 5 nitrogen and oxygen atoms in total. The maximum atomic E-state index is 4.55. The Hall–Kier alpha value is -1.99. The van der Waals surface area contributed by atoms with Crippen LogP contribution in [0.15, 0.2) is 52.5 Å². The van der Waals surface area contributed by atoms with E-state index < -0.39 is 0 Å². The topological polar surface area (TPSA) is 56.5 Å². The first-order chi connectivity index (χ1) is 11.2. The van der Waals surface area contributed by atoms with Crippen molar-refractivity contribution in [2.24, 2.45) is 0 Å². The molecule has 0 saturated carbocycles. The van der Waals surface area contributed by atoms with Crippen molar-refractivity contribution in [1.29, 1.82) is 0 Å². The Morgan fingerprint density at radius 3 is 2.70 bits per heavy atom. The number of benzene rings is 1. The van der Waals surface area contributed by atoms with Gasteiger partial charge in [0.1, 0.15) is 5.82 Å². The van der Waals surface area contributed by atoms with Gasteiger partial charge in [0.25, 0.3) is 0 Å². The highest BCUT2D eigenvalue weighted by atomic mass is 32.2. The van der Waals surface area contributed by atoms with E-state index in [-0.39, 0.29) is 0 Å². The number of rotatable bonds is 6. The molecule has 0 spiro atoms. The SMILES string of the molecule is C=CCn1c(Sc2nc(C(C)C)ns2)nnc1-c1ccccc1. The van der Waals surface area contributed by atoms with Crippen LogP contribution in [0.3, 0.4) is 0 Å². The van der Waals surface area contributed by atoms with Crippen molar-refractivity contribution >= 4 is 23.3 Å². The van der Waals surface area contributed by atoms with Crippen LogP contribution < -0.4 is 0 Å². The normalized spacial score (nSPS) is 11.1. The monoisotopic (exact) mass is 343 g/mol. The van der Waals surface area contributed by atoms with E-state index in [1.165, 1.54) is 23.3 Å². The van der Waals surface area contributed by atoms with Gasteiger partial charge in [0.2, 0.25) is 0 Å². The number of nitrogens with zero attached hydrogens (tertiary/aromatic N) is 5. The summed E-state index contributed by atoms with van der Waals surface area (Å²) in [6, 6.07) is 10.0. The van der Waals surface area contributed by atoms with Gasteiger partial charge >= 0.3 is 0 Å². The minimum Gasteiger partial charge on any atom is -0.298 e. The number of hydrogen-bond donors (Lipinski definition) is 0. The first-order valence-electron chi connectivity index (χ1n) is 7.30. The Morgan fingerprint density at radius 2 is 2.04 bits per heavy atom. The lowest BCUT2D eigenvalue weighted by atomic mass is 10.2. The van der Waals surface area contributed by atoms with Crippen LogP contribution in [0, 0.1) is 0 Å². The van der Waals surface area contributed by atoms with Gasteiger partial charge in [-0.05, 0) is 23.3 Å². The first-order valence-corrected chi connectivity index (χ1v) is 8.89. The van der Waals surface area contributed by atoms with Gasteiger partial charge in [-0.2, -0.15) is 4.37 Å². The fourth-order valence-corrected chi connectivity index (χ4v) is 3.72. The molecule has 0 unspecified atom stereocenters. The summed E-state index contributed by atoms with van der Waals surface area (Å²) in [5.41, 5.74) is 1.04. The predicted molar refractivity (Wildman–Crippen MR) is 93.8 cm³/mol. The molecular weight excluding hydrogens is 326 g/mol. The van der Waals surface area contributed by atoms with Gasteiger partial charge in [-0.3, -0.25) is 4.57 Å². The second-order valence-electron chi connectivity index (χ2n) is 5.25. The van der Waals surface area contributed by atoms with Gasteiger partial charge in [-0.15, -0.1) is 16.8 Å². The summed E-state index contributed by atoms with van der Waals surface area (Å²) in [5, 5.41) is 9.47. The molecule has 0 N–H and O–H groups in total. The fourth-order valence-electron chi connectivity index (χ4n) is 2.03. The van der Waals surface area contributed by atoms with Gasteiger partial charge in [-0.25, -0.2) is 4.98 Å². The lowest BCUT2D eigenvalue weighted by Gasteiger charge is -2.06. The minimum atomic E-state index is 0.325. The van der Waals surface area contributed by atoms with Gasteiger partial charge in [0, 0.05) is 18.0 Å². The number of hydrogen-bond acceptors (Lipinski definition) is 6. The molecule has 2 heterocycles.